The van der Waals surface area contributed by atoms with Crippen LogP contribution >= 0.6 is 0 Å². The van der Waals surface area contributed by atoms with Gasteiger partial charge in [0.25, 0.3) is 5.91 Å². The molecule has 3 N–H and O–H groups in total. The summed E-state index contributed by atoms with van der Waals surface area (Å²) in [5.74, 6) is -1.99. The number of amides is 3. The lowest BCUT2D eigenvalue weighted by Gasteiger charge is -2.35. The van der Waals surface area contributed by atoms with Gasteiger partial charge in [0, 0.05) is 31.7 Å². The number of amidine groups is 1. The second-order valence-corrected chi connectivity index (χ2v) is 13.1. The van der Waals surface area contributed by atoms with Gasteiger partial charge in [0.2, 0.25) is 10.0 Å². The lowest BCUT2D eigenvalue weighted by molar-refractivity contribution is -0.183. The number of hydrogen-bond donors (Lipinski definition) is 2. The third-order valence-corrected chi connectivity index (χ3v) is 10.3. The Kier molecular flexibility index (Phi) is 8.06. The first-order valence-electron chi connectivity index (χ1n) is 13.2. The molecule has 1 aliphatic carbocycles. The number of anilines is 1. The molecule has 39 heavy (non-hydrogen) atoms. The molecule has 1 saturated heterocycles. The summed E-state index contributed by atoms with van der Waals surface area (Å²) in [4.78, 5) is 30.3. The molecule has 1 aromatic carbocycles. The molecule has 1 saturated carbocycles. The van der Waals surface area contributed by atoms with E-state index >= 15 is 0 Å². The summed E-state index contributed by atoms with van der Waals surface area (Å²) in [6.07, 6.45) is -2.64. The number of nitrogens with zero attached hydrogens (tertiary/aromatic N) is 3. The van der Waals surface area contributed by atoms with E-state index in [-0.39, 0.29) is 56.9 Å². The van der Waals surface area contributed by atoms with Crippen molar-refractivity contribution in [1.82, 2.24) is 9.62 Å². The average Bonchev–Trinajstić information content (AvgIpc) is 3.18. The molecule has 0 radical (unpaired) electrons. The fourth-order valence-electron chi connectivity index (χ4n) is 5.99. The molecule has 9 nitrogen and oxygen atoms in total. The van der Waals surface area contributed by atoms with Crippen molar-refractivity contribution in [2.24, 2.45) is 22.6 Å². The molecule has 2 fully saturated rings. The van der Waals surface area contributed by atoms with Gasteiger partial charge in [0.05, 0.1) is 11.7 Å². The maximum absolute atomic E-state index is 13.3. The molecule has 0 bridgehead atoms. The van der Waals surface area contributed by atoms with Crippen molar-refractivity contribution in [3.63, 3.8) is 0 Å². The topological polar surface area (TPSA) is 125 Å². The van der Waals surface area contributed by atoms with Crippen LogP contribution in [0.5, 0.6) is 0 Å². The van der Waals surface area contributed by atoms with Gasteiger partial charge in [-0.2, -0.15) is 13.2 Å². The zero-order chi connectivity index (χ0) is 28.8. The molecular weight excluding hydrogens is 535 g/mol. The lowest BCUT2D eigenvalue weighted by atomic mass is 9.80. The van der Waals surface area contributed by atoms with Crippen LogP contribution in [-0.4, -0.2) is 68.1 Å². The van der Waals surface area contributed by atoms with Crippen molar-refractivity contribution in [2.45, 2.75) is 70.5 Å². The van der Waals surface area contributed by atoms with E-state index in [9.17, 15) is 31.2 Å². The van der Waals surface area contributed by atoms with Crippen LogP contribution in [0.25, 0.3) is 0 Å². The molecule has 2 unspecified atom stereocenters. The second-order valence-electron chi connectivity index (χ2n) is 11.0. The highest BCUT2D eigenvalue weighted by atomic mass is 32.2. The van der Waals surface area contributed by atoms with E-state index in [2.05, 4.69) is 10.3 Å². The van der Waals surface area contributed by atoms with E-state index in [1.165, 1.54) is 9.21 Å². The Morgan fingerprint density at radius 1 is 1.21 bits per heavy atom. The van der Waals surface area contributed by atoms with Crippen LogP contribution in [0.3, 0.4) is 0 Å². The van der Waals surface area contributed by atoms with Gasteiger partial charge >= 0.3 is 12.2 Å². The lowest BCUT2D eigenvalue weighted by Crippen LogP contribution is -2.51. The molecule has 3 amide bonds. The molecule has 216 valence electrons. The van der Waals surface area contributed by atoms with E-state index in [4.69, 9.17) is 5.73 Å². The van der Waals surface area contributed by atoms with Gasteiger partial charge in [-0.05, 0) is 81.2 Å². The number of aliphatic imine (C=N–C) groups is 1. The molecule has 1 spiro atoms. The number of urea groups is 1. The van der Waals surface area contributed by atoms with Crippen LogP contribution in [0, 0.1) is 25.7 Å². The van der Waals surface area contributed by atoms with Crippen molar-refractivity contribution in [1.29, 1.82) is 0 Å². The van der Waals surface area contributed by atoms with Crippen LogP contribution in [-0.2, 0) is 21.2 Å². The SMILES string of the molecule is Cc1cc(N(C)C(N)=O)cc(C)c1CCS(=O)(=O)N1CCC2(CC1)N=C(C1CCCC(C(F)(F)F)C1)NC2=O. The summed E-state index contributed by atoms with van der Waals surface area (Å²) >= 11 is 0. The van der Waals surface area contributed by atoms with E-state index < -0.39 is 39.6 Å². The summed E-state index contributed by atoms with van der Waals surface area (Å²) < 4.78 is 67.5. The average molecular weight is 572 g/mol. The van der Waals surface area contributed by atoms with Crippen molar-refractivity contribution >= 4 is 33.5 Å². The summed E-state index contributed by atoms with van der Waals surface area (Å²) in [6.45, 7) is 3.94. The van der Waals surface area contributed by atoms with E-state index in [0.29, 0.717) is 24.4 Å². The van der Waals surface area contributed by atoms with E-state index in [0.717, 1.165) is 16.7 Å². The fourth-order valence-corrected chi connectivity index (χ4v) is 7.45. The summed E-state index contributed by atoms with van der Waals surface area (Å²) in [7, 11) is -2.07. The Hall–Kier alpha value is -2.67. The number of nitrogens with one attached hydrogen (secondary N) is 1. The number of benzene rings is 1. The molecule has 1 aromatic rings. The number of carbonyl (C=O) groups excluding carboxylic acids is 2. The van der Waals surface area contributed by atoms with E-state index in [1.54, 1.807) is 19.2 Å². The van der Waals surface area contributed by atoms with Crippen molar-refractivity contribution in [2.75, 3.05) is 30.8 Å². The Balaban J connectivity index is 1.39. The predicted octanol–water partition coefficient (Wildman–Crippen LogP) is 3.42. The van der Waals surface area contributed by atoms with Gasteiger partial charge in [0.1, 0.15) is 11.4 Å². The molecule has 3 aliphatic rings. The standard InChI is InChI=1S/C26H36F3N5O4S/c1-16-13-20(33(3)24(30)36)14-17(2)21(16)7-12-39(37,38)34-10-8-25(9-11-34)23(35)31-22(32-25)18-5-4-6-19(15-18)26(27,28)29/h13-14,18-19H,4-12,15H2,1-3H3,(H2,30,36)(H,31,32,35). The Labute approximate surface area is 227 Å². The third kappa shape index (κ3) is 6.08. The smallest absolute Gasteiger partial charge is 0.351 e. The number of rotatable bonds is 6. The Bertz CT molecular complexity index is 1250. The van der Waals surface area contributed by atoms with Gasteiger partial charge in [-0.3, -0.25) is 14.7 Å². The summed E-state index contributed by atoms with van der Waals surface area (Å²) in [5.41, 5.74) is 7.44. The Morgan fingerprint density at radius 2 is 1.82 bits per heavy atom. The first kappa shape index (κ1) is 29.3. The number of halogens is 3. The fraction of sp³-hybridized carbons (Fsp3) is 0.654. The van der Waals surface area contributed by atoms with Gasteiger partial charge in [0.15, 0.2) is 0 Å². The first-order valence-corrected chi connectivity index (χ1v) is 14.8. The van der Waals surface area contributed by atoms with Crippen LogP contribution in [0.1, 0.15) is 55.2 Å². The van der Waals surface area contributed by atoms with Gasteiger partial charge in [-0.1, -0.05) is 6.42 Å². The molecule has 13 heteroatoms. The number of primary amides is 1. The summed E-state index contributed by atoms with van der Waals surface area (Å²) in [6, 6.07) is 2.99. The van der Waals surface area contributed by atoms with Gasteiger partial charge < -0.3 is 11.1 Å². The molecule has 0 aromatic heterocycles. The number of alkyl halides is 3. The number of piperidine rings is 1. The first-order chi connectivity index (χ1) is 18.1. The minimum Gasteiger partial charge on any atom is -0.351 e. The quantitative estimate of drug-likeness (QED) is 0.543. The number of hydrogen-bond acceptors (Lipinski definition) is 5. The predicted molar refractivity (Wildman–Crippen MR) is 142 cm³/mol. The number of aryl methyl sites for hydroxylation is 2. The maximum atomic E-state index is 13.3. The minimum atomic E-state index is -4.27. The van der Waals surface area contributed by atoms with Crippen LogP contribution < -0.4 is 16.0 Å². The van der Waals surface area contributed by atoms with Crippen molar-refractivity contribution < 1.29 is 31.2 Å². The molecule has 2 atom stereocenters. The van der Waals surface area contributed by atoms with Crippen molar-refractivity contribution in [3.05, 3.63) is 28.8 Å². The van der Waals surface area contributed by atoms with E-state index in [1.807, 2.05) is 13.8 Å². The zero-order valence-corrected chi connectivity index (χ0v) is 23.3. The number of nitrogens with two attached hydrogens (primary N) is 1. The second kappa shape index (κ2) is 10.7. The monoisotopic (exact) mass is 571 g/mol. The third-order valence-electron chi connectivity index (χ3n) is 8.47. The molecule has 4 rings (SSSR count). The molecular formula is C26H36F3N5O4S. The molecule has 2 aliphatic heterocycles. The highest BCUT2D eigenvalue weighted by molar-refractivity contribution is 7.89. The highest BCUT2D eigenvalue weighted by Crippen LogP contribution is 2.42. The van der Waals surface area contributed by atoms with Crippen LogP contribution in [0.15, 0.2) is 17.1 Å². The summed E-state index contributed by atoms with van der Waals surface area (Å²) in [5, 5.41) is 2.73. The van der Waals surface area contributed by atoms with Crippen LogP contribution in [0.2, 0.25) is 0 Å². The Morgan fingerprint density at radius 3 is 2.38 bits per heavy atom. The number of carbonyl (C=O) groups is 2. The van der Waals surface area contributed by atoms with Crippen LogP contribution in [0.4, 0.5) is 23.7 Å². The number of sulfonamides is 1. The largest absolute Gasteiger partial charge is 0.391 e. The van der Waals surface area contributed by atoms with Crippen molar-refractivity contribution in [3.8, 4) is 0 Å². The maximum Gasteiger partial charge on any atom is 0.391 e. The van der Waals surface area contributed by atoms with Gasteiger partial charge in [-0.25, -0.2) is 17.5 Å². The van der Waals surface area contributed by atoms with Gasteiger partial charge in [-0.15, -0.1) is 0 Å². The normalized spacial score (nSPS) is 23.9. The zero-order valence-electron chi connectivity index (χ0n) is 22.5. The minimum absolute atomic E-state index is 0.0855. The molecule has 2 heterocycles. The highest BCUT2D eigenvalue weighted by Gasteiger charge is 2.50.